The molecule has 0 radical (unpaired) electrons. The van der Waals surface area contributed by atoms with E-state index in [1.54, 1.807) is 19.1 Å². The molecule has 0 aliphatic carbocycles. The normalized spacial score (nSPS) is 13.3. The molecule has 2 N–H and O–H groups in total. The number of carboxylic acids is 1. The first-order chi connectivity index (χ1) is 9.85. The maximum absolute atomic E-state index is 12.0. The Morgan fingerprint density at radius 1 is 1.38 bits per heavy atom. The Bertz CT molecular complexity index is 518. The lowest BCUT2D eigenvalue weighted by atomic mass is 10.2. The van der Waals surface area contributed by atoms with Crippen molar-refractivity contribution in [2.45, 2.75) is 45.8 Å². The van der Waals surface area contributed by atoms with Crippen molar-refractivity contribution >= 4 is 27.8 Å². The van der Waals surface area contributed by atoms with E-state index in [2.05, 4.69) is 21.2 Å². The van der Waals surface area contributed by atoms with Crippen molar-refractivity contribution in [3.63, 3.8) is 0 Å². The number of nitrogens with one attached hydrogen (secondary N) is 1. The van der Waals surface area contributed by atoms with Crippen LogP contribution in [0.3, 0.4) is 0 Å². The molecule has 2 unspecified atom stereocenters. The number of rotatable bonds is 7. The third-order valence-electron chi connectivity index (χ3n) is 2.96. The highest BCUT2D eigenvalue weighted by atomic mass is 79.9. The molecule has 0 saturated carbocycles. The Hall–Kier alpha value is -1.56. The van der Waals surface area contributed by atoms with Gasteiger partial charge in [-0.2, -0.15) is 0 Å². The van der Waals surface area contributed by atoms with Crippen molar-refractivity contribution in [3.8, 4) is 5.75 Å². The van der Waals surface area contributed by atoms with Crippen LogP contribution < -0.4 is 10.1 Å². The molecular formula is C15H20BrNO4. The van der Waals surface area contributed by atoms with Gasteiger partial charge in [0.25, 0.3) is 5.91 Å². The van der Waals surface area contributed by atoms with E-state index in [4.69, 9.17) is 9.84 Å². The minimum Gasteiger partial charge on any atom is -0.480 e. The van der Waals surface area contributed by atoms with Gasteiger partial charge in [0.15, 0.2) is 6.10 Å². The minimum atomic E-state index is -1.09. The summed E-state index contributed by atoms with van der Waals surface area (Å²) in [6.07, 6.45) is 1.10. The Morgan fingerprint density at radius 3 is 2.62 bits per heavy atom. The fourth-order valence-corrected chi connectivity index (χ4v) is 2.22. The summed E-state index contributed by atoms with van der Waals surface area (Å²) in [5.41, 5.74) is 0.0273. The number of carbonyl (C=O) groups is 2. The number of carbonyl (C=O) groups excluding carboxylic acids is 1. The Balaban J connectivity index is 2.78. The van der Waals surface area contributed by atoms with Crippen LogP contribution in [0, 0.1) is 0 Å². The SMILES string of the molecule is CCCC(C)NC(=O)C(C)Oc1cc(Br)ccc1C(=O)O. The van der Waals surface area contributed by atoms with Crippen molar-refractivity contribution in [1.82, 2.24) is 5.32 Å². The second-order valence-electron chi connectivity index (χ2n) is 4.90. The maximum atomic E-state index is 12.0. The topological polar surface area (TPSA) is 75.6 Å². The van der Waals surface area contributed by atoms with Gasteiger partial charge in [0.1, 0.15) is 11.3 Å². The lowest BCUT2D eigenvalue weighted by Gasteiger charge is -2.19. The van der Waals surface area contributed by atoms with Gasteiger partial charge in [-0.25, -0.2) is 4.79 Å². The van der Waals surface area contributed by atoms with E-state index < -0.39 is 12.1 Å². The first-order valence-electron chi connectivity index (χ1n) is 6.85. The van der Waals surface area contributed by atoms with E-state index in [1.165, 1.54) is 6.07 Å². The summed E-state index contributed by atoms with van der Waals surface area (Å²) in [6, 6.07) is 4.66. The highest BCUT2D eigenvalue weighted by Gasteiger charge is 2.20. The molecule has 0 heterocycles. The number of halogens is 1. The van der Waals surface area contributed by atoms with Gasteiger partial charge in [-0.05, 0) is 38.5 Å². The summed E-state index contributed by atoms with van der Waals surface area (Å²) in [5, 5.41) is 12.0. The molecule has 6 heteroatoms. The predicted octanol–water partition coefficient (Wildman–Crippen LogP) is 3.22. The summed E-state index contributed by atoms with van der Waals surface area (Å²) in [6.45, 7) is 5.57. The molecule has 21 heavy (non-hydrogen) atoms. The van der Waals surface area contributed by atoms with Crippen molar-refractivity contribution in [3.05, 3.63) is 28.2 Å². The fourth-order valence-electron chi connectivity index (χ4n) is 1.88. The smallest absolute Gasteiger partial charge is 0.339 e. The van der Waals surface area contributed by atoms with Gasteiger partial charge in [0.05, 0.1) is 0 Å². The van der Waals surface area contributed by atoms with E-state index in [0.717, 1.165) is 12.8 Å². The Morgan fingerprint density at radius 2 is 2.05 bits per heavy atom. The summed E-state index contributed by atoms with van der Waals surface area (Å²) in [4.78, 5) is 23.2. The van der Waals surface area contributed by atoms with Crippen LogP contribution in [0.2, 0.25) is 0 Å². The van der Waals surface area contributed by atoms with Crippen LogP contribution in [0.5, 0.6) is 5.75 Å². The quantitative estimate of drug-likeness (QED) is 0.785. The third-order valence-corrected chi connectivity index (χ3v) is 3.45. The van der Waals surface area contributed by atoms with Gasteiger partial charge >= 0.3 is 5.97 Å². The zero-order valence-corrected chi connectivity index (χ0v) is 13.9. The summed E-state index contributed by atoms with van der Waals surface area (Å²) >= 11 is 3.26. The van der Waals surface area contributed by atoms with Gasteiger partial charge in [-0.3, -0.25) is 4.79 Å². The molecule has 1 amide bonds. The molecule has 2 atom stereocenters. The zero-order valence-electron chi connectivity index (χ0n) is 12.4. The van der Waals surface area contributed by atoms with Gasteiger partial charge in [0, 0.05) is 10.5 Å². The molecule has 0 aliphatic heterocycles. The van der Waals surface area contributed by atoms with Crippen molar-refractivity contribution in [1.29, 1.82) is 0 Å². The molecular weight excluding hydrogens is 338 g/mol. The van der Waals surface area contributed by atoms with E-state index in [0.29, 0.717) is 4.47 Å². The Labute approximate surface area is 132 Å². The molecule has 5 nitrogen and oxygen atoms in total. The minimum absolute atomic E-state index is 0.0273. The van der Waals surface area contributed by atoms with Crippen LogP contribution in [0.1, 0.15) is 44.0 Å². The molecule has 0 aromatic heterocycles. The van der Waals surface area contributed by atoms with Crippen LogP contribution >= 0.6 is 15.9 Å². The highest BCUT2D eigenvalue weighted by molar-refractivity contribution is 9.10. The van der Waals surface area contributed by atoms with Crippen LogP contribution in [-0.4, -0.2) is 29.1 Å². The van der Waals surface area contributed by atoms with Crippen molar-refractivity contribution < 1.29 is 19.4 Å². The lowest BCUT2D eigenvalue weighted by molar-refractivity contribution is -0.127. The number of carboxylic acid groups (broad SMARTS) is 1. The van der Waals surface area contributed by atoms with E-state index in [-0.39, 0.29) is 23.3 Å². The van der Waals surface area contributed by atoms with Crippen molar-refractivity contribution in [2.75, 3.05) is 0 Å². The average Bonchev–Trinajstić information content (AvgIpc) is 2.38. The zero-order chi connectivity index (χ0) is 16.0. The number of amides is 1. The van der Waals surface area contributed by atoms with Crippen LogP contribution in [0.25, 0.3) is 0 Å². The number of hydrogen-bond acceptors (Lipinski definition) is 3. The molecule has 0 saturated heterocycles. The van der Waals surface area contributed by atoms with Crippen LogP contribution in [0.15, 0.2) is 22.7 Å². The number of aromatic carboxylic acids is 1. The Kier molecular flexibility index (Phi) is 6.68. The standard InChI is InChI=1S/C15H20BrNO4/c1-4-5-9(2)17-14(18)10(3)21-13-8-11(16)6-7-12(13)15(19)20/h6-10H,4-5H2,1-3H3,(H,17,18)(H,19,20). The lowest BCUT2D eigenvalue weighted by Crippen LogP contribution is -2.41. The summed E-state index contributed by atoms with van der Waals surface area (Å²) in [5.74, 6) is -1.18. The molecule has 1 aromatic carbocycles. The van der Waals surface area contributed by atoms with E-state index >= 15 is 0 Å². The third kappa shape index (κ3) is 5.38. The average molecular weight is 358 g/mol. The highest BCUT2D eigenvalue weighted by Crippen LogP contribution is 2.25. The molecule has 116 valence electrons. The fraction of sp³-hybridized carbons (Fsp3) is 0.467. The second kappa shape index (κ2) is 8.02. The summed E-state index contributed by atoms with van der Waals surface area (Å²) < 4.78 is 6.19. The number of benzene rings is 1. The molecule has 1 rings (SSSR count). The van der Waals surface area contributed by atoms with E-state index in [1.807, 2.05) is 13.8 Å². The largest absolute Gasteiger partial charge is 0.480 e. The first kappa shape index (κ1) is 17.5. The molecule has 1 aromatic rings. The van der Waals surface area contributed by atoms with Gasteiger partial charge in [0.2, 0.25) is 0 Å². The van der Waals surface area contributed by atoms with Gasteiger partial charge in [-0.15, -0.1) is 0 Å². The van der Waals surface area contributed by atoms with Crippen LogP contribution in [0.4, 0.5) is 0 Å². The molecule has 0 aliphatic rings. The van der Waals surface area contributed by atoms with Gasteiger partial charge < -0.3 is 15.2 Å². The molecule has 0 bridgehead atoms. The van der Waals surface area contributed by atoms with Crippen LogP contribution in [-0.2, 0) is 4.79 Å². The van der Waals surface area contributed by atoms with E-state index in [9.17, 15) is 9.59 Å². The first-order valence-corrected chi connectivity index (χ1v) is 7.64. The van der Waals surface area contributed by atoms with Crippen molar-refractivity contribution in [2.24, 2.45) is 0 Å². The summed E-state index contributed by atoms with van der Waals surface area (Å²) in [7, 11) is 0. The monoisotopic (exact) mass is 357 g/mol. The maximum Gasteiger partial charge on any atom is 0.339 e. The number of ether oxygens (including phenoxy) is 1. The number of hydrogen-bond donors (Lipinski definition) is 2. The molecule has 0 spiro atoms. The molecule has 0 fully saturated rings. The predicted molar refractivity (Wildman–Crippen MR) is 83.7 cm³/mol. The van der Waals surface area contributed by atoms with Gasteiger partial charge in [-0.1, -0.05) is 29.3 Å². The second-order valence-corrected chi connectivity index (χ2v) is 5.82.